The lowest BCUT2D eigenvalue weighted by molar-refractivity contribution is -0.136. The van der Waals surface area contributed by atoms with Gasteiger partial charge < -0.3 is 15.2 Å². The normalized spacial score (nSPS) is 16.6. The summed E-state index contributed by atoms with van der Waals surface area (Å²) in [6.07, 6.45) is 5.87. The zero-order valence-electron chi connectivity index (χ0n) is 15.1. The van der Waals surface area contributed by atoms with Crippen LogP contribution in [0.1, 0.15) is 71.1 Å². The van der Waals surface area contributed by atoms with Crippen molar-refractivity contribution in [3.8, 4) is 0 Å². The maximum atomic E-state index is 12.2. The molecule has 0 unspecified atom stereocenters. The van der Waals surface area contributed by atoms with E-state index in [1.807, 2.05) is 14.0 Å². The molecular weight excluding hydrogens is 318 g/mol. The SMILES string of the molecule is CNc1c(CC=C(C)CCC(=O)O)c(C2CC2)c(C)c2c1C(=O)OC2. The number of carboxylic acid groups (broad SMARTS) is 1. The van der Waals surface area contributed by atoms with E-state index in [2.05, 4.69) is 18.3 Å². The number of aliphatic carboxylic acids is 1. The van der Waals surface area contributed by atoms with Crippen molar-refractivity contribution in [3.05, 3.63) is 39.5 Å². The fourth-order valence-electron chi connectivity index (χ4n) is 3.72. The summed E-state index contributed by atoms with van der Waals surface area (Å²) in [6.45, 7) is 4.42. The Kier molecular flexibility index (Phi) is 4.84. The van der Waals surface area contributed by atoms with E-state index in [-0.39, 0.29) is 12.4 Å². The number of nitrogens with one attached hydrogen (secondary N) is 1. The van der Waals surface area contributed by atoms with Crippen LogP contribution < -0.4 is 5.32 Å². The van der Waals surface area contributed by atoms with E-state index >= 15 is 0 Å². The number of benzene rings is 1. The van der Waals surface area contributed by atoms with Gasteiger partial charge in [-0.15, -0.1) is 0 Å². The number of ether oxygens (including phenoxy) is 1. The number of hydrogen-bond donors (Lipinski definition) is 2. The van der Waals surface area contributed by atoms with Crippen LogP contribution in [0.2, 0.25) is 0 Å². The van der Waals surface area contributed by atoms with Gasteiger partial charge in [-0.2, -0.15) is 0 Å². The molecule has 2 N–H and O–H groups in total. The van der Waals surface area contributed by atoms with Crippen molar-refractivity contribution in [3.63, 3.8) is 0 Å². The number of carboxylic acids is 1. The van der Waals surface area contributed by atoms with E-state index in [1.165, 1.54) is 24.0 Å². The Labute approximate surface area is 148 Å². The summed E-state index contributed by atoms with van der Waals surface area (Å²) in [5.41, 5.74) is 7.34. The van der Waals surface area contributed by atoms with Gasteiger partial charge in [-0.25, -0.2) is 4.79 Å². The average molecular weight is 343 g/mol. The number of hydrogen-bond acceptors (Lipinski definition) is 4. The first-order valence-corrected chi connectivity index (χ1v) is 8.84. The van der Waals surface area contributed by atoms with Crippen molar-refractivity contribution in [2.75, 3.05) is 12.4 Å². The quantitative estimate of drug-likeness (QED) is 0.579. The van der Waals surface area contributed by atoms with E-state index in [4.69, 9.17) is 9.84 Å². The van der Waals surface area contributed by atoms with Crippen LogP contribution in [0.3, 0.4) is 0 Å². The molecule has 1 saturated carbocycles. The van der Waals surface area contributed by atoms with Crippen molar-refractivity contribution < 1.29 is 19.4 Å². The first-order chi connectivity index (χ1) is 11.9. The molecule has 1 heterocycles. The van der Waals surface area contributed by atoms with Crippen LogP contribution in [0.5, 0.6) is 0 Å². The number of carbonyl (C=O) groups is 2. The third kappa shape index (κ3) is 3.41. The molecule has 5 heteroatoms. The molecule has 0 spiro atoms. The number of esters is 1. The van der Waals surface area contributed by atoms with Gasteiger partial charge in [-0.1, -0.05) is 11.6 Å². The van der Waals surface area contributed by atoms with Crippen LogP contribution in [0.25, 0.3) is 0 Å². The zero-order chi connectivity index (χ0) is 18.1. The predicted molar refractivity (Wildman–Crippen MR) is 96.2 cm³/mol. The second-order valence-corrected chi connectivity index (χ2v) is 6.99. The molecule has 0 saturated heterocycles. The average Bonchev–Trinajstić information content (AvgIpc) is 3.33. The van der Waals surface area contributed by atoms with Gasteiger partial charge in [0, 0.05) is 19.0 Å². The second kappa shape index (κ2) is 6.90. The molecule has 1 aromatic carbocycles. The Morgan fingerprint density at radius 2 is 2.08 bits per heavy atom. The molecule has 1 aromatic rings. The largest absolute Gasteiger partial charge is 0.481 e. The standard InChI is InChI=1S/C20H25NO4/c1-11(5-9-16(22)23)4-8-14-17(13-6-7-13)12(2)15-10-25-20(24)18(15)19(14)21-3/h4,13,21H,5-10H2,1-3H3,(H,22,23). The van der Waals surface area contributed by atoms with Crippen LogP contribution in [-0.2, 0) is 22.6 Å². The third-order valence-electron chi connectivity index (χ3n) is 5.21. The van der Waals surface area contributed by atoms with Gasteiger partial charge in [0.1, 0.15) is 6.61 Å². The highest BCUT2D eigenvalue weighted by atomic mass is 16.5. The van der Waals surface area contributed by atoms with E-state index < -0.39 is 5.97 Å². The van der Waals surface area contributed by atoms with Crippen molar-refractivity contribution in [1.82, 2.24) is 0 Å². The molecule has 2 aliphatic rings. The summed E-state index contributed by atoms with van der Waals surface area (Å²) in [6, 6.07) is 0. The molecule has 5 nitrogen and oxygen atoms in total. The first kappa shape index (κ1) is 17.5. The molecule has 0 atom stereocenters. The molecule has 0 aromatic heterocycles. The second-order valence-electron chi connectivity index (χ2n) is 6.99. The summed E-state index contributed by atoms with van der Waals surface area (Å²) in [7, 11) is 1.84. The van der Waals surface area contributed by atoms with Crippen LogP contribution in [-0.4, -0.2) is 24.1 Å². The molecule has 1 fully saturated rings. The van der Waals surface area contributed by atoms with Crippen molar-refractivity contribution >= 4 is 17.6 Å². The molecule has 3 rings (SSSR count). The van der Waals surface area contributed by atoms with Crippen LogP contribution in [0, 0.1) is 6.92 Å². The Morgan fingerprint density at radius 3 is 2.68 bits per heavy atom. The summed E-state index contributed by atoms with van der Waals surface area (Å²) in [5, 5.41) is 12.1. The topological polar surface area (TPSA) is 75.6 Å². The molecule has 134 valence electrons. The lowest BCUT2D eigenvalue weighted by Crippen LogP contribution is -2.10. The van der Waals surface area contributed by atoms with E-state index in [0.29, 0.717) is 30.9 Å². The minimum atomic E-state index is -0.779. The minimum absolute atomic E-state index is 0.145. The highest BCUT2D eigenvalue weighted by Gasteiger charge is 2.35. The summed E-state index contributed by atoms with van der Waals surface area (Å²) in [4.78, 5) is 23.0. The van der Waals surface area contributed by atoms with Crippen LogP contribution >= 0.6 is 0 Å². The number of fused-ring (bicyclic) bond motifs is 1. The number of carbonyl (C=O) groups excluding carboxylic acids is 1. The van der Waals surface area contributed by atoms with Gasteiger partial charge >= 0.3 is 11.9 Å². The number of cyclic esters (lactones) is 1. The monoisotopic (exact) mass is 343 g/mol. The lowest BCUT2D eigenvalue weighted by atomic mass is 9.87. The van der Waals surface area contributed by atoms with Gasteiger partial charge in [-0.3, -0.25) is 4.79 Å². The maximum absolute atomic E-state index is 12.2. The molecule has 0 bridgehead atoms. The Morgan fingerprint density at radius 1 is 1.36 bits per heavy atom. The third-order valence-corrected chi connectivity index (χ3v) is 5.21. The summed E-state index contributed by atoms with van der Waals surface area (Å²) >= 11 is 0. The Balaban J connectivity index is 2.01. The molecular formula is C20H25NO4. The van der Waals surface area contributed by atoms with Crippen molar-refractivity contribution in [1.29, 1.82) is 0 Å². The highest BCUT2D eigenvalue weighted by molar-refractivity contribution is 6.01. The Bertz CT molecular complexity index is 760. The maximum Gasteiger partial charge on any atom is 0.341 e. The highest BCUT2D eigenvalue weighted by Crippen LogP contribution is 2.48. The van der Waals surface area contributed by atoms with Gasteiger partial charge in [0.05, 0.1) is 11.3 Å². The number of anilines is 1. The van der Waals surface area contributed by atoms with E-state index in [0.717, 1.165) is 22.4 Å². The fourth-order valence-corrected chi connectivity index (χ4v) is 3.72. The van der Waals surface area contributed by atoms with Crippen LogP contribution in [0.15, 0.2) is 11.6 Å². The van der Waals surface area contributed by atoms with Crippen LogP contribution in [0.4, 0.5) is 5.69 Å². The molecule has 1 aliphatic carbocycles. The summed E-state index contributed by atoms with van der Waals surface area (Å²) in [5.74, 6) is -0.466. The minimum Gasteiger partial charge on any atom is -0.481 e. The van der Waals surface area contributed by atoms with Gasteiger partial charge in [0.2, 0.25) is 0 Å². The number of allylic oxidation sites excluding steroid dienone is 2. The summed E-state index contributed by atoms with van der Waals surface area (Å²) < 4.78 is 5.29. The van der Waals surface area contributed by atoms with Crippen molar-refractivity contribution in [2.45, 2.75) is 58.5 Å². The fraction of sp³-hybridized carbons (Fsp3) is 0.500. The molecule has 0 radical (unpaired) electrons. The zero-order valence-corrected chi connectivity index (χ0v) is 15.1. The first-order valence-electron chi connectivity index (χ1n) is 8.84. The van der Waals surface area contributed by atoms with Gasteiger partial charge in [0.25, 0.3) is 0 Å². The lowest BCUT2D eigenvalue weighted by Gasteiger charge is -2.20. The van der Waals surface area contributed by atoms with E-state index in [9.17, 15) is 9.59 Å². The molecule has 1 aliphatic heterocycles. The Hall–Kier alpha value is -2.30. The number of rotatable bonds is 7. The van der Waals surface area contributed by atoms with Crippen molar-refractivity contribution in [2.24, 2.45) is 0 Å². The predicted octanol–water partition coefficient (Wildman–Crippen LogP) is 3.94. The van der Waals surface area contributed by atoms with Gasteiger partial charge in [-0.05, 0) is 62.1 Å². The molecule has 0 amide bonds. The van der Waals surface area contributed by atoms with E-state index in [1.54, 1.807) is 0 Å². The molecule has 25 heavy (non-hydrogen) atoms. The van der Waals surface area contributed by atoms with Gasteiger partial charge in [0.15, 0.2) is 0 Å². The smallest absolute Gasteiger partial charge is 0.341 e.